The van der Waals surface area contributed by atoms with Crippen LogP contribution in [0.25, 0.3) is 10.7 Å². The van der Waals surface area contributed by atoms with Crippen LogP contribution in [0.5, 0.6) is 11.5 Å². The summed E-state index contributed by atoms with van der Waals surface area (Å²) in [6, 6.07) is 10.9. The van der Waals surface area contributed by atoms with E-state index in [1.165, 1.54) is 11.3 Å². The molecule has 6 nitrogen and oxygen atoms in total. The molecule has 0 aliphatic heterocycles. The molecule has 0 spiro atoms. The van der Waals surface area contributed by atoms with Crippen LogP contribution in [0, 0.1) is 0 Å². The van der Waals surface area contributed by atoms with Gasteiger partial charge in [0.1, 0.15) is 11.5 Å². The Hall–Kier alpha value is -1.97. The molecule has 0 atom stereocenters. The number of thiophene rings is 1. The van der Waals surface area contributed by atoms with Crippen LogP contribution in [0.1, 0.15) is 0 Å². The van der Waals surface area contributed by atoms with E-state index in [9.17, 15) is 4.79 Å². The van der Waals surface area contributed by atoms with E-state index >= 15 is 0 Å². The predicted molar refractivity (Wildman–Crippen MR) is 98.0 cm³/mol. The Bertz CT molecular complexity index is 833. The molecule has 1 amide bonds. The number of carbonyl (C=O) groups excluding carboxylic acids is 1. The van der Waals surface area contributed by atoms with Crippen molar-refractivity contribution in [3.8, 4) is 22.2 Å². The van der Waals surface area contributed by atoms with Gasteiger partial charge >= 0.3 is 0 Å². The Morgan fingerprint density at radius 1 is 1.21 bits per heavy atom. The third kappa shape index (κ3) is 4.31. The van der Waals surface area contributed by atoms with Crippen molar-refractivity contribution in [1.82, 2.24) is 9.36 Å². The van der Waals surface area contributed by atoms with Gasteiger partial charge in [0.25, 0.3) is 5.91 Å². The Morgan fingerprint density at radius 2 is 1.96 bits per heavy atom. The summed E-state index contributed by atoms with van der Waals surface area (Å²) in [5.41, 5.74) is 0. The molecule has 0 saturated heterocycles. The summed E-state index contributed by atoms with van der Waals surface area (Å²) in [4.78, 5) is 17.2. The lowest BCUT2D eigenvalue weighted by Crippen LogP contribution is -2.20. The predicted octanol–water partition coefficient (Wildman–Crippen LogP) is 4.06. The zero-order chi connectivity index (χ0) is 16.9. The summed E-state index contributed by atoms with van der Waals surface area (Å²) in [5.74, 6) is 1.63. The minimum atomic E-state index is -0.291. The number of carbonyl (C=O) groups is 1. The molecule has 0 aliphatic rings. The Morgan fingerprint density at radius 3 is 2.62 bits per heavy atom. The van der Waals surface area contributed by atoms with Gasteiger partial charge in [0.15, 0.2) is 12.4 Å². The molecule has 0 unspecified atom stereocenters. The molecule has 9 heteroatoms. The van der Waals surface area contributed by atoms with Crippen molar-refractivity contribution < 1.29 is 14.3 Å². The van der Waals surface area contributed by atoms with Crippen LogP contribution in [0.15, 0.2) is 40.2 Å². The molecule has 1 aromatic carbocycles. The zero-order valence-corrected chi connectivity index (χ0v) is 15.7. The van der Waals surface area contributed by atoms with E-state index in [0.717, 1.165) is 25.9 Å². The molecule has 0 radical (unpaired) electrons. The Kier molecular flexibility index (Phi) is 5.44. The number of rotatable bonds is 6. The van der Waals surface area contributed by atoms with Crippen molar-refractivity contribution in [1.29, 1.82) is 0 Å². The highest BCUT2D eigenvalue weighted by molar-refractivity contribution is 9.11. The summed E-state index contributed by atoms with van der Waals surface area (Å²) in [5, 5.41) is 3.12. The van der Waals surface area contributed by atoms with E-state index in [1.807, 2.05) is 12.1 Å². The van der Waals surface area contributed by atoms with E-state index < -0.39 is 0 Å². The van der Waals surface area contributed by atoms with Crippen LogP contribution >= 0.6 is 38.8 Å². The molecule has 2 aromatic heterocycles. The number of nitrogens with one attached hydrogen (secondary N) is 1. The normalized spacial score (nSPS) is 10.4. The fourth-order valence-corrected chi connectivity index (χ4v) is 3.76. The lowest BCUT2D eigenvalue weighted by Gasteiger charge is -2.06. The van der Waals surface area contributed by atoms with Gasteiger partial charge in [-0.05, 0) is 52.3 Å². The molecule has 3 aromatic rings. The van der Waals surface area contributed by atoms with Crippen LogP contribution in [-0.2, 0) is 4.79 Å². The van der Waals surface area contributed by atoms with Gasteiger partial charge < -0.3 is 9.47 Å². The van der Waals surface area contributed by atoms with Crippen LogP contribution in [0.4, 0.5) is 5.13 Å². The first-order valence-electron chi connectivity index (χ1n) is 6.80. The van der Waals surface area contributed by atoms with E-state index in [4.69, 9.17) is 9.47 Å². The van der Waals surface area contributed by atoms with E-state index in [2.05, 4.69) is 30.6 Å². The number of aromatic nitrogens is 2. The number of benzene rings is 1. The summed E-state index contributed by atoms with van der Waals surface area (Å²) >= 11 is 6.07. The van der Waals surface area contributed by atoms with E-state index in [-0.39, 0.29) is 12.5 Å². The van der Waals surface area contributed by atoms with Crippen molar-refractivity contribution >= 4 is 49.8 Å². The van der Waals surface area contributed by atoms with Crippen LogP contribution < -0.4 is 14.8 Å². The fourth-order valence-electron chi connectivity index (χ4n) is 1.78. The summed E-state index contributed by atoms with van der Waals surface area (Å²) < 4.78 is 15.7. The molecule has 0 bridgehead atoms. The van der Waals surface area contributed by atoms with E-state index in [1.54, 1.807) is 31.4 Å². The van der Waals surface area contributed by atoms with Gasteiger partial charge in [0.05, 0.1) is 15.8 Å². The van der Waals surface area contributed by atoms with Crippen molar-refractivity contribution in [3.05, 3.63) is 40.2 Å². The number of amides is 1. The maximum atomic E-state index is 11.9. The lowest BCUT2D eigenvalue weighted by atomic mass is 10.3. The smallest absolute Gasteiger partial charge is 0.264 e. The standard InChI is InChI=1S/C15H12BrN3O3S2/c1-21-9-2-4-10(5-3-9)22-8-13(20)17-15-18-14(19-24-15)11-6-7-12(16)23-11/h2-7H,8H2,1H3,(H,17,18,19,20). The van der Waals surface area contributed by atoms with Crippen molar-refractivity contribution in [2.24, 2.45) is 0 Å². The highest BCUT2D eigenvalue weighted by Crippen LogP contribution is 2.31. The Balaban J connectivity index is 1.54. The van der Waals surface area contributed by atoms with Gasteiger partial charge in [-0.3, -0.25) is 10.1 Å². The maximum Gasteiger partial charge on any atom is 0.264 e. The molecule has 3 rings (SSSR count). The zero-order valence-electron chi connectivity index (χ0n) is 12.5. The lowest BCUT2D eigenvalue weighted by molar-refractivity contribution is -0.118. The monoisotopic (exact) mass is 425 g/mol. The molecule has 124 valence electrons. The minimum Gasteiger partial charge on any atom is -0.497 e. The first-order chi connectivity index (χ1) is 11.6. The number of nitrogens with zero attached hydrogens (tertiary/aromatic N) is 2. The summed E-state index contributed by atoms with van der Waals surface area (Å²) in [7, 11) is 1.59. The molecule has 2 heterocycles. The van der Waals surface area contributed by atoms with Crippen molar-refractivity contribution in [2.75, 3.05) is 19.0 Å². The number of anilines is 1. The molecule has 24 heavy (non-hydrogen) atoms. The molecular weight excluding hydrogens is 414 g/mol. The topological polar surface area (TPSA) is 73.3 Å². The highest BCUT2D eigenvalue weighted by Gasteiger charge is 2.11. The molecule has 0 aliphatic carbocycles. The SMILES string of the molecule is COc1ccc(OCC(=O)Nc2nc(-c3ccc(Br)s3)ns2)cc1. The number of ether oxygens (including phenoxy) is 2. The largest absolute Gasteiger partial charge is 0.497 e. The average Bonchev–Trinajstić information content (AvgIpc) is 3.22. The number of hydrogen-bond donors (Lipinski definition) is 1. The second-order valence-corrected chi connectivity index (χ2v) is 7.75. The number of halogens is 1. The first kappa shape index (κ1) is 16.9. The fraction of sp³-hybridized carbons (Fsp3) is 0.133. The summed E-state index contributed by atoms with van der Waals surface area (Å²) in [6.45, 7) is -0.105. The van der Waals surface area contributed by atoms with Gasteiger partial charge in [0, 0.05) is 11.5 Å². The third-order valence-corrected chi connectivity index (χ3v) is 5.15. The van der Waals surface area contributed by atoms with Crippen LogP contribution in [-0.4, -0.2) is 29.0 Å². The van der Waals surface area contributed by atoms with Crippen molar-refractivity contribution in [2.45, 2.75) is 0 Å². The average molecular weight is 426 g/mol. The molecular formula is C15H12BrN3O3S2. The minimum absolute atomic E-state index is 0.105. The van der Waals surface area contributed by atoms with Crippen LogP contribution in [0.3, 0.4) is 0 Å². The first-order valence-corrected chi connectivity index (χ1v) is 9.18. The van der Waals surface area contributed by atoms with Crippen molar-refractivity contribution in [3.63, 3.8) is 0 Å². The Labute approximate surface area is 154 Å². The van der Waals surface area contributed by atoms with Gasteiger partial charge in [-0.15, -0.1) is 11.3 Å². The highest BCUT2D eigenvalue weighted by atomic mass is 79.9. The second-order valence-electron chi connectivity index (χ2n) is 4.54. The molecule has 0 saturated carbocycles. The van der Waals surface area contributed by atoms with Gasteiger partial charge in [-0.2, -0.15) is 9.36 Å². The molecule has 0 fully saturated rings. The maximum absolute atomic E-state index is 11.9. The third-order valence-electron chi connectivity index (χ3n) is 2.90. The van der Waals surface area contributed by atoms with E-state index in [0.29, 0.717) is 16.7 Å². The van der Waals surface area contributed by atoms with Crippen LogP contribution in [0.2, 0.25) is 0 Å². The quantitative estimate of drug-likeness (QED) is 0.644. The summed E-state index contributed by atoms with van der Waals surface area (Å²) in [6.07, 6.45) is 0. The second kappa shape index (κ2) is 7.73. The number of hydrogen-bond acceptors (Lipinski definition) is 7. The van der Waals surface area contributed by atoms with Gasteiger partial charge in [-0.1, -0.05) is 0 Å². The molecule has 1 N–H and O–H groups in total. The van der Waals surface area contributed by atoms with Gasteiger partial charge in [0.2, 0.25) is 5.13 Å². The number of methoxy groups -OCH3 is 1. The van der Waals surface area contributed by atoms with Gasteiger partial charge in [-0.25, -0.2) is 0 Å².